The Hall–Kier alpha value is -2.06. The second-order valence-electron chi connectivity index (χ2n) is 7.38. The number of methoxy groups -OCH3 is 1. The molecule has 2 unspecified atom stereocenters. The van der Waals surface area contributed by atoms with Gasteiger partial charge in [-0.2, -0.15) is 0 Å². The molecule has 0 aromatic rings. The van der Waals surface area contributed by atoms with Crippen molar-refractivity contribution in [3.63, 3.8) is 0 Å². The molecule has 0 aromatic heterocycles. The average Bonchev–Trinajstić information content (AvgIpc) is 2.39. The quantitative estimate of drug-likeness (QED) is 0.554. The number of alkyl halides is 1. The second kappa shape index (κ2) is 9.43. The van der Waals surface area contributed by atoms with Crippen LogP contribution in [0.15, 0.2) is 0 Å². The van der Waals surface area contributed by atoms with Crippen molar-refractivity contribution >= 4 is 18.2 Å². The zero-order valence-corrected chi connectivity index (χ0v) is 15.9. The van der Waals surface area contributed by atoms with Crippen LogP contribution in [0.25, 0.3) is 0 Å². The van der Waals surface area contributed by atoms with Crippen molar-refractivity contribution in [3.8, 4) is 0 Å². The van der Waals surface area contributed by atoms with Crippen molar-refractivity contribution in [2.24, 2.45) is 0 Å². The molecule has 0 aliphatic heterocycles. The Morgan fingerprint density at radius 3 is 1.88 bits per heavy atom. The molecule has 0 aromatic carbocycles. The molecule has 0 saturated heterocycles. The Kier molecular flexibility index (Phi) is 8.65. The number of alkyl carbamates (subject to hydrolysis) is 2. The van der Waals surface area contributed by atoms with Crippen LogP contribution >= 0.6 is 0 Å². The maximum Gasteiger partial charge on any atom is 0.408 e. The summed E-state index contributed by atoms with van der Waals surface area (Å²) in [7, 11) is 1.08. The molecule has 0 rings (SSSR count). The summed E-state index contributed by atoms with van der Waals surface area (Å²) in [4.78, 5) is 34.9. The van der Waals surface area contributed by atoms with Gasteiger partial charge in [-0.05, 0) is 48.0 Å². The molecule has 0 aliphatic rings. The summed E-state index contributed by atoms with van der Waals surface area (Å²) in [6, 6.07) is -1.54. The molecule has 0 saturated carbocycles. The lowest BCUT2D eigenvalue weighted by Gasteiger charge is -2.24. The third-order valence-corrected chi connectivity index (χ3v) is 2.58. The smallest absolute Gasteiger partial charge is 0.408 e. The third kappa shape index (κ3) is 11.2. The van der Waals surface area contributed by atoms with Crippen LogP contribution in [-0.2, 0) is 19.0 Å². The van der Waals surface area contributed by atoms with Gasteiger partial charge in [0.05, 0.1) is 7.11 Å². The minimum absolute atomic E-state index is 0.0838. The van der Waals surface area contributed by atoms with E-state index in [2.05, 4.69) is 15.4 Å². The number of hydrogen-bond acceptors (Lipinski definition) is 6. The number of amides is 2. The number of halogens is 1. The molecule has 0 radical (unpaired) electrons. The van der Waals surface area contributed by atoms with Crippen molar-refractivity contribution in [2.45, 2.75) is 71.4 Å². The average molecular weight is 364 g/mol. The summed E-state index contributed by atoms with van der Waals surface area (Å²) < 4.78 is 28.8. The van der Waals surface area contributed by atoms with Crippen LogP contribution in [0, 0.1) is 0 Å². The number of rotatable bonds is 6. The van der Waals surface area contributed by atoms with E-state index in [1.807, 2.05) is 0 Å². The molecule has 25 heavy (non-hydrogen) atoms. The van der Waals surface area contributed by atoms with Crippen LogP contribution in [-0.4, -0.2) is 55.2 Å². The highest BCUT2D eigenvalue weighted by Gasteiger charge is 2.32. The summed E-state index contributed by atoms with van der Waals surface area (Å²) in [5, 5.41) is 4.52. The fourth-order valence-electron chi connectivity index (χ4n) is 1.65. The summed E-state index contributed by atoms with van der Waals surface area (Å²) in [5.41, 5.74) is -1.47. The van der Waals surface area contributed by atoms with E-state index >= 15 is 0 Å². The first kappa shape index (κ1) is 22.9. The fourth-order valence-corrected chi connectivity index (χ4v) is 1.65. The molecule has 2 N–H and O–H groups in total. The highest BCUT2D eigenvalue weighted by Crippen LogP contribution is 2.11. The topological polar surface area (TPSA) is 103 Å². The summed E-state index contributed by atoms with van der Waals surface area (Å²) >= 11 is 0. The molecule has 146 valence electrons. The first-order chi connectivity index (χ1) is 11.2. The van der Waals surface area contributed by atoms with Crippen molar-refractivity contribution in [2.75, 3.05) is 13.7 Å². The zero-order valence-electron chi connectivity index (χ0n) is 15.9. The molecule has 2 amide bonds. The van der Waals surface area contributed by atoms with Crippen LogP contribution in [0.2, 0.25) is 0 Å². The Morgan fingerprint density at radius 2 is 1.44 bits per heavy atom. The van der Waals surface area contributed by atoms with Gasteiger partial charge in [-0.25, -0.2) is 18.8 Å². The van der Waals surface area contributed by atoms with E-state index in [9.17, 15) is 18.8 Å². The second-order valence-corrected chi connectivity index (χ2v) is 7.38. The Labute approximate surface area is 147 Å². The van der Waals surface area contributed by atoms with Gasteiger partial charge in [-0.1, -0.05) is 0 Å². The number of hydrogen-bond donors (Lipinski definition) is 2. The first-order valence-corrected chi connectivity index (χ1v) is 7.93. The minimum atomic E-state index is -1.78. The van der Waals surface area contributed by atoms with Gasteiger partial charge in [0.1, 0.15) is 17.4 Å². The summed E-state index contributed by atoms with van der Waals surface area (Å²) in [6.07, 6.45) is -3.65. The standard InChI is InChI=1S/C16H29FN2O6/c1-15(2,3)24-13(21)18-9-8-10(17)11(12(20)23-7)19-14(22)25-16(4,5)6/h10-11H,8-9H2,1-7H3,(H,18,21)(H,19,22). The first-order valence-electron chi connectivity index (χ1n) is 7.93. The van der Waals surface area contributed by atoms with E-state index in [1.54, 1.807) is 41.5 Å². The fraction of sp³-hybridized carbons (Fsp3) is 0.812. The van der Waals surface area contributed by atoms with Crippen molar-refractivity contribution in [1.29, 1.82) is 0 Å². The van der Waals surface area contributed by atoms with Gasteiger partial charge >= 0.3 is 18.2 Å². The van der Waals surface area contributed by atoms with Gasteiger partial charge < -0.3 is 24.8 Å². The SMILES string of the molecule is COC(=O)C(NC(=O)OC(C)(C)C)C(F)CCNC(=O)OC(C)(C)C. The minimum Gasteiger partial charge on any atom is -0.467 e. The molecule has 0 bridgehead atoms. The monoisotopic (exact) mass is 364 g/mol. The van der Waals surface area contributed by atoms with Crippen molar-refractivity contribution in [1.82, 2.24) is 10.6 Å². The molecule has 2 atom stereocenters. The highest BCUT2D eigenvalue weighted by molar-refractivity contribution is 5.82. The molecule has 0 fully saturated rings. The molecular weight excluding hydrogens is 335 g/mol. The lowest BCUT2D eigenvalue weighted by Crippen LogP contribution is -2.50. The van der Waals surface area contributed by atoms with E-state index in [0.717, 1.165) is 7.11 Å². The Bertz CT molecular complexity index is 470. The van der Waals surface area contributed by atoms with Crippen LogP contribution in [0.1, 0.15) is 48.0 Å². The lowest BCUT2D eigenvalue weighted by atomic mass is 10.1. The number of carbonyl (C=O) groups is 3. The van der Waals surface area contributed by atoms with Gasteiger partial charge in [-0.15, -0.1) is 0 Å². The molecule has 0 heterocycles. The molecule has 0 aliphatic carbocycles. The molecule has 8 nitrogen and oxygen atoms in total. The summed E-state index contributed by atoms with van der Waals surface area (Å²) in [5.74, 6) is -0.948. The molecule has 0 spiro atoms. The summed E-state index contributed by atoms with van der Waals surface area (Å²) in [6.45, 7) is 9.92. The maximum atomic E-state index is 14.3. The Morgan fingerprint density at radius 1 is 0.960 bits per heavy atom. The van der Waals surface area contributed by atoms with Crippen LogP contribution in [0.3, 0.4) is 0 Å². The van der Waals surface area contributed by atoms with Gasteiger partial charge in [-0.3, -0.25) is 0 Å². The van der Waals surface area contributed by atoms with Gasteiger partial charge in [0.2, 0.25) is 0 Å². The predicted molar refractivity (Wildman–Crippen MR) is 88.9 cm³/mol. The van der Waals surface area contributed by atoms with Gasteiger partial charge in [0, 0.05) is 6.54 Å². The number of ether oxygens (including phenoxy) is 3. The van der Waals surface area contributed by atoms with Crippen molar-refractivity contribution < 1.29 is 33.0 Å². The normalized spacial score (nSPS) is 14.1. The highest BCUT2D eigenvalue weighted by atomic mass is 19.1. The molecular formula is C16H29FN2O6. The van der Waals surface area contributed by atoms with Gasteiger partial charge in [0.25, 0.3) is 0 Å². The van der Waals surface area contributed by atoms with Crippen LogP contribution in [0.4, 0.5) is 14.0 Å². The van der Waals surface area contributed by atoms with E-state index < -0.39 is 41.6 Å². The third-order valence-electron chi connectivity index (χ3n) is 2.58. The largest absolute Gasteiger partial charge is 0.467 e. The van der Waals surface area contributed by atoms with Gasteiger partial charge in [0.15, 0.2) is 6.04 Å². The van der Waals surface area contributed by atoms with E-state index in [0.29, 0.717) is 0 Å². The number of nitrogens with one attached hydrogen (secondary N) is 2. The predicted octanol–water partition coefficient (Wildman–Crippen LogP) is 2.31. The van der Waals surface area contributed by atoms with E-state index in [1.165, 1.54) is 0 Å². The van der Waals surface area contributed by atoms with Crippen LogP contribution < -0.4 is 10.6 Å². The molecule has 9 heteroatoms. The van der Waals surface area contributed by atoms with E-state index in [4.69, 9.17) is 9.47 Å². The van der Waals surface area contributed by atoms with Crippen LogP contribution in [0.5, 0.6) is 0 Å². The Balaban J connectivity index is 4.60. The van der Waals surface area contributed by atoms with Crippen molar-refractivity contribution in [3.05, 3.63) is 0 Å². The number of carbonyl (C=O) groups excluding carboxylic acids is 3. The zero-order chi connectivity index (χ0) is 19.8. The maximum absolute atomic E-state index is 14.3. The van der Waals surface area contributed by atoms with E-state index in [-0.39, 0.29) is 13.0 Å². The number of esters is 1. The lowest BCUT2D eigenvalue weighted by molar-refractivity contribution is -0.145.